The van der Waals surface area contributed by atoms with Gasteiger partial charge in [0.15, 0.2) is 0 Å². The standard InChI is InChI=1S/C17H14F3N3O4S/c1-9(24)27-6-5-12-11-7-10(3-4-13(11)28-21-12)23-15(25)8-14(17(18,19)20)22(2)16(23)26/h3-4,7-8H,5-6H2,1-2H3. The quantitative estimate of drug-likeness (QED) is 0.613. The molecule has 28 heavy (non-hydrogen) atoms. The van der Waals surface area contributed by atoms with E-state index in [4.69, 9.17) is 4.74 Å². The van der Waals surface area contributed by atoms with Crippen LogP contribution in [0.5, 0.6) is 0 Å². The molecular weight excluding hydrogens is 399 g/mol. The topological polar surface area (TPSA) is 83.2 Å². The number of rotatable bonds is 4. The molecule has 1 aromatic carbocycles. The Hall–Kier alpha value is -2.95. The van der Waals surface area contributed by atoms with E-state index >= 15 is 0 Å². The van der Waals surface area contributed by atoms with Gasteiger partial charge < -0.3 is 4.74 Å². The Balaban J connectivity index is 2.09. The fourth-order valence-corrected chi connectivity index (χ4v) is 3.52. The van der Waals surface area contributed by atoms with Crippen molar-refractivity contribution in [1.29, 1.82) is 0 Å². The van der Waals surface area contributed by atoms with Gasteiger partial charge in [0.05, 0.1) is 22.7 Å². The number of benzene rings is 1. The number of hydrogen-bond donors (Lipinski definition) is 0. The number of ether oxygens (including phenoxy) is 1. The lowest BCUT2D eigenvalue weighted by Crippen LogP contribution is -2.40. The van der Waals surface area contributed by atoms with Crippen LogP contribution >= 0.6 is 11.5 Å². The maximum absolute atomic E-state index is 13.0. The SMILES string of the molecule is CC(=O)OCCc1nsc2ccc(-n3c(=O)cc(C(F)(F)F)n(C)c3=O)cc12. The van der Waals surface area contributed by atoms with Gasteiger partial charge in [0, 0.05) is 31.8 Å². The number of carbonyl (C=O) groups is 1. The molecule has 0 aliphatic rings. The summed E-state index contributed by atoms with van der Waals surface area (Å²) in [5.41, 5.74) is -2.79. The summed E-state index contributed by atoms with van der Waals surface area (Å²) in [6, 6.07) is 4.99. The third-order valence-corrected chi connectivity index (χ3v) is 4.91. The molecule has 3 aromatic rings. The van der Waals surface area contributed by atoms with Crippen LogP contribution < -0.4 is 11.2 Å². The summed E-state index contributed by atoms with van der Waals surface area (Å²) < 4.78 is 49.9. The van der Waals surface area contributed by atoms with Crippen molar-refractivity contribution in [2.24, 2.45) is 7.05 Å². The molecule has 0 N–H and O–H groups in total. The van der Waals surface area contributed by atoms with Gasteiger partial charge in [0.2, 0.25) is 0 Å². The predicted octanol–water partition coefficient (Wildman–Crippen LogP) is 2.27. The maximum atomic E-state index is 13.0. The molecule has 0 fully saturated rings. The highest BCUT2D eigenvalue weighted by atomic mass is 32.1. The third-order valence-electron chi connectivity index (χ3n) is 4.04. The van der Waals surface area contributed by atoms with Gasteiger partial charge in [-0.25, -0.2) is 9.36 Å². The molecule has 0 saturated heterocycles. The first-order chi connectivity index (χ1) is 13.1. The van der Waals surface area contributed by atoms with Crippen molar-refractivity contribution in [3.8, 4) is 5.69 Å². The number of alkyl halides is 3. The first-order valence-electron chi connectivity index (χ1n) is 8.02. The van der Waals surface area contributed by atoms with E-state index in [-0.39, 0.29) is 12.3 Å². The highest BCUT2D eigenvalue weighted by Crippen LogP contribution is 2.28. The predicted molar refractivity (Wildman–Crippen MR) is 95.8 cm³/mol. The van der Waals surface area contributed by atoms with Gasteiger partial charge in [0.25, 0.3) is 5.56 Å². The Bertz CT molecular complexity index is 1180. The van der Waals surface area contributed by atoms with E-state index in [9.17, 15) is 27.6 Å². The number of fused-ring (bicyclic) bond motifs is 1. The summed E-state index contributed by atoms with van der Waals surface area (Å²) in [6.45, 7) is 1.39. The molecule has 7 nitrogen and oxygen atoms in total. The average Bonchev–Trinajstić information content (AvgIpc) is 2.99. The molecule has 3 rings (SSSR count). The Labute approximate surface area is 159 Å². The van der Waals surface area contributed by atoms with Crippen LogP contribution in [0.25, 0.3) is 15.8 Å². The summed E-state index contributed by atoms with van der Waals surface area (Å²) in [5, 5.41) is 0.628. The lowest BCUT2D eigenvalue weighted by molar-refractivity contribution is -0.144. The van der Waals surface area contributed by atoms with E-state index in [1.165, 1.54) is 30.6 Å². The number of nitrogens with zero attached hydrogens (tertiary/aromatic N) is 3. The minimum Gasteiger partial charge on any atom is -0.465 e. The smallest absolute Gasteiger partial charge is 0.431 e. The third kappa shape index (κ3) is 3.70. The Morgan fingerprint density at radius 2 is 1.96 bits per heavy atom. The Kier molecular flexibility index (Phi) is 5.11. The first-order valence-corrected chi connectivity index (χ1v) is 8.79. The second-order valence-electron chi connectivity index (χ2n) is 5.94. The summed E-state index contributed by atoms with van der Waals surface area (Å²) in [6.07, 6.45) is -4.50. The van der Waals surface area contributed by atoms with Crippen LogP contribution in [-0.2, 0) is 29.2 Å². The van der Waals surface area contributed by atoms with Crippen molar-refractivity contribution in [1.82, 2.24) is 13.5 Å². The van der Waals surface area contributed by atoms with E-state index in [1.54, 1.807) is 6.07 Å². The molecule has 0 unspecified atom stereocenters. The number of carbonyl (C=O) groups excluding carboxylic acids is 1. The molecule has 2 aromatic heterocycles. The molecule has 0 atom stereocenters. The number of aromatic nitrogens is 3. The Morgan fingerprint density at radius 3 is 2.61 bits per heavy atom. The molecular formula is C17H14F3N3O4S. The van der Waals surface area contributed by atoms with E-state index in [0.717, 1.165) is 11.7 Å². The normalized spacial score (nSPS) is 11.8. The van der Waals surface area contributed by atoms with Crippen molar-refractivity contribution in [3.63, 3.8) is 0 Å². The van der Waals surface area contributed by atoms with Gasteiger partial charge in [-0.3, -0.25) is 14.2 Å². The highest BCUT2D eigenvalue weighted by molar-refractivity contribution is 7.13. The van der Waals surface area contributed by atoms with Gasteiger partial charge in [-0.2, -0.15) is 17.5 Å². The minimum absolute atomic E-state index is 0.111. The largest absolute Gasteiger partial charge is 0.465 e. The van der Waals surface area contributed by atoms with Gasteiger partial charge in [-0.15, -0.1) is 0 Å². The summed E-state index contributed by atoms with van der Waals surface area (Å²) in [5.74, 6) is -0.431. The van der Waals surface area contributed by atoms with Gasteiger partial charge in [-0.1, -0.05) is 0 Å². The zero-order chi connectivity index (χ0) is 20.6. The van der Waals surface area contributed by atoms with Crippen LogP contribution in [0.3, 0.4) is 0 Å². The molecule has 0 bridgehead atoms. The summed E-state index contributed by atoms with van der Waals surface area (Å²) in [7, 11) is 0.955. The van der Waals surface area contributed by atoms with Crippen molar-refractivity contribution in [3.05, 3.63) is 56.5 Å². The van der Waals surface area contributed by atoms with Crippen LogP contribution in [0.15, 0.2) is 33.9 Å². The molecule has 0 amide bonds. The van der Waals surface area contributed by atoms with E-state index in [0.29, 0.717) is 32.7 Å². The van der Waals surface area contributed by atoms with Gasteiger partial charge >= 0.3 is 17.8 Å². The molecule has 11 heteroatoms. The molecule has 0 spiro atoms. The average molecular weight is 413 g/mol. The second kappa shape index (κ2) is 7.23. The number of esters is 1. The fourth-order valence-electron chi connectivity index (χ4n) is 2.72. The zero-order valence-electron chi connectivity index (χ0n) is 14.7. The molecule has 2 heterocycles. The molecule has 0 aliphatic carbocycles. The van der Waals surface area contributed by atoms with Gasteiger partial charge in [0.1, 0.15) is 5.69 Å². The molecule has 0 saturated carbocycles. The zero-order valence-corrected chi connectivity index (χ0v) is 15.6. The Morgan fingerprint density at radius 1 is 1.25 bits per heavy atom. The van der Waals surface area contributed by atoms with Crippen LogP contribution in [0.2, 0.25) is 0 Å². The fraction of sp³-hybridized carbons (Fsp3) is 0.294. The first kappa shape index (κ1) is 19.8. The van der Waals surface area contributed by atoms with Crippen LogP contribution in [0, 0.1) is 0 Å². The second-order valence-corrected chi connectivity index (χ2v) is 6.75. The number of halogens is 3. The monoisotopic (exact) mass is 413 g/mol. The van der Waals surface area contributed by atoms with E-state index in [1.807, 2.05) is 0 Å². The van der Waals surface area contributed by atoms with E-state index in [2.05, 4.69) is 4.37 Å². The van der Waals surface area contributed by atoms with Crippen molar-refractivity contribution >= 4 is 27.6 Å². The highest BCUT2D eigenvalue weighted by Gasteiger charge is 2.35. The van der Waals surface area contributed by atoms with Crippen LogP contribution in [-0.4, -0.2) is 26.1 Å². The maximum Gasteiger partial charge on any atom is 0.431 e. The summed E-state index contributed by atoms with van der Waals surface area (Å²) in [4.78, 5) is 35.5. The molecule has 148 valence electrons. The lowest BCUT2D eigenvalue weighted by atomic mass is 10.1. The van der Waals surface area contributed by atoms with Crippen molar-refractivity contribution in [2.75, 3.05) is 6.61 Å². The molecule has 0 radical (unpaired) electrons. The van der Waals surface area contributed by atoms with E-state index < -0.39 is 29.1 Å². The van der Waals surface area contributed by atoms with Crippen LogP contribution in [0.4, 0.5) is 13.2 Å². The van der Waals surface area contributed by atoms with Crippen molar-refractivity contribution < 1.29 is 22.7 Å². The van der Waals surface area contributed by atoms with Crippen LogP contribution in [0.1, 0.15) is 18.3 Å². The minimum atomic E-state index is -4.82. The lowest BCUT2D eigenvalue weighted by Gasteiger charge is -2.14. The van der Waals surface area contributed by atoms with Crippen molar-refractivity contribution in [2.45, 2.75) is 19.5 Å². The number of hydrogen-bond acceptors (Lipinski definition) is 6. The molecule has 0 aliphatic heterocycles. The summed E-state index contributed by atoms with van der Waals surface area (Å²) >= 11 is 1.18. The van der Waals surface area contributed by atoms with Gasteiger partial charge in [-0.05, 0) is 29.7 Å².